The highest BCUT2D eigenvalue weighted by Gasteiger charge is 2.31. The number of imidazole rings is 1. The van der Waals surface area contributed by atoms with E-state index in [1.807, 2.05) is 34.5 Å². The first kappa shape index (κ1) is 21.2. The topological polar surface area (TPSA) is 70.7 Å². The Morgan fingerprint density at radius 2 is 1.85 bits per heavy atom. The third-order valence-electron chi connectivity index (χ3n) is 5.77. The summed E-state index contributed by atoms with van der Waals surface area (Å²) in [4.78, 5) is 13.6. The van der Waals surface area contributed by atoms with Crippen LogP contribution in [0.5, 0.6) is 5.88 Å². The molecule has 33 heavy (non-hydrogen) atoms. The minimum absolute atomic E-state index is 0.127. The maximum Gasteiger partial charge on any atom is 0.416 e. The standard InChI is InChI=1S/C23H21F3N6O/c1-14-12-31(13-27-14)19-10-9-18(28-22(19)33-2)20-29-21-17(4-3-11-32(21)30-20)15-5-7-16(8-6-15)23(24,25)26/h5-10,12-13,17H,3-4,11H2,1-2H3/t17-/m0/s1. The molecule has 0 fully saturated rings. The summed E-state index contributed by atoms with van der Waals surface area (Å²) in [5.41, 5.74) is 2.31. The maximum atomic E-state index is 12.9. The van der Waals surface area contributed by atoms with E-state index in [1.165, 1.54) is 12.1 Å². The average Bonchev–Trinajstić information content (AvgIpc) is 3.44. The summed E-state index contributed by atoms with van der Waals surface area (Å²) in [6.45, 7) is 2.60. The van der Waals surface area contributed by atoms with Crippen molar-refractivity contribution >= 4 is 0 Å². The quantitative estimate of drug-likeness (QED) is 0.444. The molecule has 1 aliphatic heterocycles. The van der Waals surface area contributed by atoms with Gasteiger partial charge in [-0.15, -0.1) is 5.10 Å². The number of pyridine rings is 1. The van der Waals surface area contributed by atoms with E-state index in [0.717, 1.165) is 47.7 Å². The van der Waals surface area contributed by atoms with Crippen molar-refractivity contribution in [3.63, 3.8) is 0 Å². The second-order valence-corrected chi connectivity index (χ2v) is 7.98. The molecule has 0 N–H and O–H groups in total. The predicted octanol–water partition coefficient (Wildman–Crippen LogP) is 4.79. The molecule has 1 atom stereocenters. The number of rotatable bonds is 4. The number of nitrogens with zero attached hydrogens (tertiary/aromatic N) is 6. The van der Waals surface area contributed by atoms with E-state index in [1.54, 1.807) is 13.4 Å². The molecule has 4 aromatic rings. The Kier molecular flexibility index (Phi) is 5.15. The van der Waals surface area contributed by atoms with Gasteiger partial charge in [-0.1, -0.05) is 12.1 Å². The molecule has 0 saturated heterocycles. The van der Waals surface area contributed by atoms with Gasteiger partial charge in [0, 0.05) is 18.7 Å². The molecule has 0 unspecified atom stereocenters. The summed E-state index contributed by atoms with van der Waals surface area (Å²) in [5.74, 6) is 1.47. The van der Waals surface area contributed by atoms with Crippen LogP contribution in [0.25, 0.3) is 17.2 Å². The summed E-state index contributed by atoms with van der Waals surface area (Å²) < 4.78 is 48.0. The first-order valence-electron chi connectivity index (χ1n) is 10.5. The monoisotopic (exact) mass is 454 g/mol. The van der Waals surface area contributed by atoms with Crippen LogP contribution in [0.15, 0.2) is 48.9 Å². The van der Waals surface area contributed by atoms with Crippen molar-refractivity contribution in [3.8, 4) is 23.1 Å². The van der Waals surface area contributed by atoms with Crippen LogP contribution in [0.2, 0.25) is 0 Å². The molecular formula is C23H21F3N6O. The number of methoxy groups -OCH3 is 1. The molecule has 7 nitrogen and oxygen atoms in total. The highest BCUT2D eigenvalue weighted by Crippen LogP contribution is 2.36. The van der Waals surface area contributed by atoms with E-state index in [4.69, 9.17) is 9.72 Å². The van der Waals surface area contributed by atoms with Gasteiger partial charge in [-0.05, 0) is 49.6 Å². The number of benzene rings is 1. The van der Waals surface area contributed by atoms with Crippen LogP contribution in [0.3, 0.4) is 0 Å². The predicted molar refractivity (Wildman–Crippen MR) is 114 cm³/mol. The molecular weight excluding hydrogens is 433 g/mol. The number of ether oxygens (including phenoxy) is 1. The van der Waals surface area contributed by atoms with Crippen molar-refractivity contribution in [2.75, 3.05) is 7.11 Å². The lowest BCUT2D eigenvalue weighted by Gasteiger charge is -2.22. The summed E-state index contributed by atoms with van der Waals surface area (Å²) >= 11 is 0. The Morgan fingerprint density at radius 1 is 1.06 bits per heavy atom. The lowest BCUT2D eigenvalue weighted by molar-refractivity contribution is -0.137. The number of hydrogen-bond donors (Lipinski definition) is 0. The average molecular weight is 454 g/mol. The van der Waals surface area contributed by atoms with Crippen molar-refractivity contribution in [3.05, 3.63) is 71.6 Å². The largest absolute Gasteiger partial charge is 0.479 e. The van der Waals surface area contributed by atoms with Crippen LogP contribution >= 0.6 is 0 Å². The summed E-state index contributed by atoms with van der Waals surface area (Å²) in [6, 6.07) is 8.99. The normalized spacial score (nSPS) is 16.0. The van der Waals surface area contributed by atoms with Gasteiger partial charge in [0.2, 0.25) is 5.88 Å². The van der Waals surface area contributed by atoms with E-state index < -0.39 is 11.7 Å². The minimum Gasteiger partial charge on any atom is -0.479 e. The first-order chi connectivity index (χ1) is 15.8. The minimum atomic E-state index is -4.36. The third kappa shape index (κ3) is 3.96. The van der Waals surface area contributed by atoms with Crippen molar-refractivity contribution in [1.29, 1.82) is 0 Å². The van der Waals surface area contributed by atoms with Crippen LogP contribution in [0.4, 0.5) is 13.2 Å². The molecule has 10 heteroatoms. The second-order valence-electron chi connectivity index (χ2n) is 7.98. The molecule has 0 aliphatic carbocycles. The van der Waals surface area contributed by atoms with E-state index in [-0.39, 0.29) is 5.92 Å². The van der Waals surface area contributed by atoms with E-state index in [9.17, 15) is 13.2 Å². The molecule has 1 aliphatic rings. The van der Waals surface area contributed by atoms with Gasteiger partial charge in [0.15, 0.2) is 5.82 Å². The first-order valence-corrected chi connectivity index (χ1v) is 10.5. The fourth-order valence-electron chi connectivity index (χ4n) is 4.14. The number of hydrogen-bond acceptors (Lipinski definition) is 5. The summed E-state index contributed by atoms with van der Waals surface area (Å²) in [6.07, 6.45) is 0.860. The zero-order chi connectivity index (χ0) is 23.2. The van der Waals surface area contributed by atoms with Gasteiger partial charge in [0.25, 0.3) is 0 Å². The Balaban J connectivity index is 1.48. The Hall–Kier alpha value is -3.69. The fourth-order valence-corrected chi connectivity index (χ4v) is 4.14. The zero-order valence-electron chi connectivity index (χ0n) is 18.0. The van der Waals surface area contributed by atoms with Crippen LogP contribution in [0.1, 0.15) is 41.4 Å². The molecule has 0 bridgehead atoms. The van der Waals surface area contributed by atoms with Gasteiger partial charge in [-0.2, -0.15) is 13.2 Å². The summed E-state index contributed by atoms with van der Waals surface area (Å²) in [7, 11) is 1.55. The molecule has 1 aromatic carbocycles. The number of aromatic nitrogens is 6. The van der Waals surface area contributed by atoms with E-state index in [2.05, 4.69) is 15.1 Å². The molecule has 0 spiro atoms. The van der Waals surface area contributed by atoms with Crippen molar-refractivity contribution < 1.29 is 17.9 Å². The molecule has 170 valence electrons. The van der Waals surface area contributed by atoms with Gasteiger partial charge in [-0.25, -0.2) is 19.6 Å². The second kappa shape index (κ2) is 8.02. The smallest absolute Gasteiger partial charge is 0.416 e. The van der Waals surface area contributed by atoms with Crippen molar-refractivity contribution in [2.24, 2.45) is 0 Å². The van der Waals surface area contributed by atoms with Crippen molar-refractivity contribution in [2.45, 2.75) is 38.4 Å². The van der Waals surface area contributed by atoms with Gasteiger partial charge >= 0.3 is 6.18 Å². The van der Waals surface area contributed by atoms with Crippen LogP contribution in [-0.2, 0) is 12.7 Å². The molecule has 0 saturated carbocycles. The highest BCUT2D eigenvalue weighted by molar-refractivity contribution is 5.55. The number of aryl methyl sites for hydroxylation is 2. The SMILES string of the molecule is COc1nc(-c2nc3n(n2)CCC[C@H]3c2ccc(C(F)(F)F)cc2)ccc1-n1cnc(C)c1. The maximum absolute atomic E-state index is 12.9. The molecule has 0 amide bonds. The molecule has 3 aromatic heterocycles. The number of alkyl halides is 3. The van der Waals surface area contributed by atoms with Gasteiger partial charge in [0.1, 0.15) is 17.2 Å². The molecule has 0 radical (unpaired) electrons. The van der Waals surface area contributed by atoms with Crippen LogP contribution in [0, 0.1) is 6.92 Å². The molecule has 5 rings (SSSR count). The lowest BCUT2D eigenvalue weighted by Crippen LogP contribution is -2.18. The van der Waals surface area contributed by atoms with Crippen LogP contribution < -0.4 is 4.74 Å². The number of fused-ring (bicyclic) bond motifs is 1. The summed E-state index contributed by atoms with van der Waals surface area (Å²) in [5, 5.41) is 4.62. The van der Waals surface area contributed by atoms with Crippen molar-refractivity contribution in [1.82, 2.24) is 29.3 Å². The zero-order valence-corrected chi connectivity index (χ0v) is 18.0. The van der Waals surface area contributed by atoms with E-state index >= 15 is 0 Å². The Labute approximate surface area is 187 Å². The van der Waals surface area contributed by atoms with E-state index in [0.29, 0.717) is 23.9 Å². The van der Waals surface area contributed by atoms with Gasteiger partial charge in [0.05, 0.1) is 24.7 Å². The fraction of sp³-hybridized carbons (Fsp3) is 0.304. The lowest BCUT2D eigenvalue weighted by atomic mass is 9.90. The Bertz CT molecular complexity index is 1290. The highest BCUT2D eigenvalue weighted by atomic mass is 19.4. The number of halogens is 3. The van der Waals surface area contributed by atoms with Gasteiger partial charge < -0.3 is 9.30 Å². The third-order valence-corrected chi connectivity index (χ3v) is 5.77. The van der Waals surface area contributed by atoms with Crippen LogP contribution in [-0.4, -0.2) is 36.4 Å². The Morgan fingerprint density at radius 3 is 2.52 bits per heavy atom. The molecule has 4 heterocycles. The van der Waals surface area contributed by atoms with Gasteiger partial charge in [-0.3, -0.25) is 0 Å².